The van der Waals surface area contributed by atoms with E-state index in [1.807, 2.05) is 65.0 Å². The van der Waals surface area contributed by atoms with Crippen LogP contribution in [-0.2, 0) is 9.59 Å². The number of thioether (sulfide) groups is 1. The summed E-state index contributed by atoms with van der Waals surface area (Å²) in [6, 6.07) is 9.98. The Morgan fingerprint density at radius 1 is 1.04 bits per heavy atom. The number of hydrogen-bond donors (Lipinski definition) is 2. The van der Waals surface area contributed by atoms with Crippen LogP contribution in [0.4, 0.5) is 11.4 Å². The molecule has 0 spiro atoms. The van der Waals surface area contributed by atoms with Gasteiger partial charge >= 0.3 is 0 Å². The van der Waals surface area contributed by atoms with Gasteiger partial charge in [-0.25, -0.2) is 4.99 Å². The second-order valence-electron chi connectivity index (χ2n) is 7.31. The van der Waals surface area contributed by atoms with Crippen molar-refractivity contribution in [1.29, 1.82) is 0 Å². The number of nitrogens with zero attached hydrogens (tertiary/aromatic N) is 1. The lowest BCUT2D eigenvalue weighted by Crippen LogP contribution is -2.28. The summed E-state index contributed by atoms with van der Waals surface area (Å²) in [4.78, 5) is 29.3. The minimum atomic E-state index is -0.476. The van der Waals surface area contributed by atoms with Crippen LogP contribution in [0.5, 0.6) is 0 Å². The molecule has 146 valence electrons. The molecule has 28 heavy (non-hydrogen) atoms. The van der Waals surface area contributed by atoms with Crippen LogP contribution in [0.25, 0.3) is 0 Å². The molecule has 1 saturated heterocycles. The first-order chi connectivity index (χ1) is 13.2. The molecule has 0 aliphatic carbocycles. The Hall–Kier alpha value is -2.60. The lowest BCUT2D eigenvalue weighted by atomic mass is 10.0. The third-order valence-corrected chi connectivity index (χ3v) is 5.89. The lowest BCUT2D eigenvalue weighted by molar-refractivity contribution is -0.122. The van der Waals surface area contributed by atoms with Gasteiger partial charge in [-0.2, -0.15) is 0 Å². The lowest BCUT2D eigenvalue weighted by Gasteiger charge is -2.13. The first kappa shape index (κ1) is 20.1. The van der Waals surface area contributed by atoms with Crippen molar-refractivity contribution in [1.82, 2.24) is 5.32 Å². The van der Waals surface area contributed by atoms with E-state index in [1.54, 1.807) is 0 Å². The summed E-state index contributed by atoms with van der Waals surface area (Å²) in [7, 11) is 0. The third-order valence-electron chi connectivity index (χ3n) is 4.81. The summed E-state index contributed by atoms with van der Waals surface area (Å²) >= 11 is 1.30. The van der Waals surface area contributed by atoms with Crippen LogP contribution >= 0.6 is 11.8 Å². The zero-order chi connectivity index (χ0) is 20.4. The number of anilines is 1. The molecule has 2 amide bonds. The van der Waals surface area contributed by atoms with Crippen molar-refractivity contribution in [2.45, 2.75) is 46.3 Å². The second kappa shape index (κ2) is 8.19. The molecule has 0 unspecified atom stereocenters. The van der Waals surface area contributed by atoms with E-state index >= 15 is 0 Å². The largest absolute Gasteiger partial charge is 0.326 e. The van der Waals surface area contributed by atoms with Gasteiger partial charge in [0.2, 0.25) is 11.8 Å². The molecule has 1 fully saturated rings. The molecule has 0 bridgehead atoms. The average Bonchev–Trinajstić information content (AvgIpc) is 2.93. The number of nitrogens with one attached hydrogen (secondary N) is 2. The number of amidine groups is 1. The summed E-state index contributed by atoms with van der Waals surface area (Å²) in [5.74, 6) is -0.352. The van der Waals surface area contributed by atoms with Crippen molar-refractivity contribution in [2.24, 2.45) is 4.99 Å². The number of aryl methyl sites for hydroxylation is 5. The third kappa shape index (κ3) is 4.62. The molecule has 2 aromatic carbocycles. The standard InChI is InChI=1S/C22H25N3O2S/c1-12-8-15(4)20(16(5)9-12)24-19(26)11-18-21(27)25-22(28-18)23-17-7-6-13(2)14(3)10-17/h6-10,18H,11H2,1-5H3,(H,24,26)(H,23,25,27)/t18-/m1/s1. The maximum atomic E-state index is 12.5. The molecule has 5 nitrogen and oxygen atoms in total. The fraction of sp³-hybridized carbons (Fsp3) is 0.318. The number of carbonyl (C=O) groups is 2. The van der Waals surface area contributed by atoms with Crippen LogP contribution in [-0.4, -0.2) is 22.2 Å². The number of rotatable bonds is 4. The molecule has 2 aromatic rings. The fourth-order valence-electron chi connectivity index (χ4n) is 3.24. The van der Waals surface area contributed by atoms with E-state index in [2.05, 4.69) is 15.6 Å². The van der Waals surface area contributed by atoms with Crippen LogP contribution in [0.15, 0.2) is 35.3 Å². The Morgan fingerprint density at radius 3 is 2.36 bits per heavy atom. The SMILES string of the molecule is Cc1cc(C)c(NC(=O)C[C@H]2SC(=Nc3ccc(C)c(C)c3)NC2=O)c(C)c1. The summed E-state index contributed by atoms with van der Waals surface area (Å²) in [5, 5.41) is 5.80. The molecule has 1 aliphatic rings. The number of amides is 2. The van der Waals surface area contributed by atoms with Crippen molar-refractivity contribution in [3.63, 3.8) is 0 Å². The molecule has 0 radical (unpaired) electrons. The van der Waals surface area contributed by atoms with E-state index in [0.29, 0.717) is 5.17 Å². The highest BCUT2D eigenvalue weighted by Gasteiger charge is 2.32. The van der Waals surface area contributed by atoms with E-state index in [1.165, 1.54) is 17.3 Å². The van der Waals surface area contributed by atoms with Crippen molar-refractivity contribution < 1.29 is 9.59 Å². The summed E-state index contributed by atoms with van der Waals surface area (Å²) in [5.41, 5.74) is 7.16. The van der Waals surface area contributed by atoms with Crippen LogP contribution in [0.1, 0.15) is 34.2 Å². The number of benzene rings is 2. The maximum Gasteiger partial charge on any atom is 0.240 e. The van der Waals surface area contributed by atoms with Crippen LogP contribution < -0.4 is 10.6 Å². The monoisotopic (exact) mass is 395 g/mol. The van der Waals surface area contributed by atoms with E-state index in [9.17, 15) is 9.59 Å². The minimum Gasteiger partial charge on any atom is -0.326 e. The summed E-state index contributed by atoms with van der Waals surface area (Å²) < 4.78 is 0. The summed E-state index contributed by atoms with van der Waals surface area (Å²) in [6.07, 6.45) is 0.106. The zero-order valence-corrected chi connectivity index (χ0v) is 17.7. The van der Waals surface area contributed by atoms with Crippen molar-refractivity contribution in [2.75, 3.05) is 5.32 Å². The van der Waals surface area contributed by atoms with Gasteiger partial charge in [0.15, 0.2) is 5.17 Å². The maximum absolute atomic E-state index is 12.5. The second-order valence-corrected chi connectivity index (χ2v) is 8.50. The normalized spacial score (nSPS) is 17.7. The van der Waals surface area contributed by atoms with E-state index in [4.69, 9.17) is 0 Å². The van der Waals surface area contributed by atoms with Gasteiger partial charge in [-0.05, 0) is 69.0 Å². The Kier molecular flexibility index (Phi) is 5.89. The van der Waals surface area contributed by atoms with Crippen molar-refractivity contribution in [3.8, 4) is 0 Å². The van der Waals surface area contributed by atoms with Gasteiger partial charge in [-0.15, -0.1) is 0 Å². The van der Waals surface area contributed by atoms with Gasteiger partial charge in [0.25, 0.3) is 0 Å². The van der Waals surface area contributed by atoms with Crippen LogP contribution in [0.2, 0.25) is 0 Å². The number of hydrogen-bond acceptors (Lipinski definition) is 4. The highest BCUT2D eigenvalue weighted by atomic mass is 32.2. The first-order valence-electron chi connectivity index (χ1n) is 9.24. The van der Waals surface area contributed by atoms with Gasteiger partial charge in [0, 0.05) is 12.1 Å². The quantitative estimate of drug-likeness (QED) is 0.802. The molecule has 0 saturated carbocycles. The van der Waals surface area contributed by atoms with Gasteiger partial charge < -0.3 is 10.6 Å². The Labute approximate surface area is 170 Å². The van der Waals surface area contributed by atoms with Gasteiger partial charge in [0.1, 0.15) is 5.25 Å². The van der Waals surface area contributed by atoms with Crippen LogP contribution in [0, 0.1) is 34.6 Å². The molecular weight excluding hydrogens is 370 g/mol. The van der Waals surface area contributed by atoms with E-state index in [-0.39, 0.29) is 18.2 Å². The Morgan fingerprint density at radius 2 is 1.71 bits per heavy atom. The number of carbonyl (C=O) groups excluding carboxylic acids is 2. The molecule has 1 atom stereocenters. The highest BCUT2D eigenvalue weighted by molar-refractivity contribution is 8.15. The topological polar surface area (TPSA) is 70.6 Å². The molecular formula is C22H25N3O2S. The Bertz CT molecular complexity index is 959. The van der Waals surface area contributed by atoms with Gasteiger partial charge in [-0.3, -0.25) is 9.59 Å². The molecule has 0 aromatic heterocycles. The summed E-state index contributed by atoms with van der Waals surface area (Å²) in [6.45, 7) is 10.1. The Balaban J connectivity index is 1.67. The molecule has 3 rings (SSSR count). The van der Waals surface area contributed by atoms with Crippen molar-refractivity contribution in [3.05, 3.63) is 58.1 Å². The molecule has 1 aliphatic heterocycles. The highest BCUT2D eigenvalue weighted by Crippen LogP contribution is 2.27. The average molecular weight is 396 g/mol. The van der Waals surface area contributed by atoms with Crippen molar-refractivity contribution >= 4 is 40.1 Å². The molecule has 2 N–H and O–H groups in total. The minimum absolute atomic E-state index is 0.106. The van der Waals surface area contributed by atoms with Gasteiger partial charge in [-0.1, -0.05) is 35.5 Å². The molecule has 1 heterocycles. The number of aliphatic imine (C=N–C) groups is 1. The van der Waals surface area contributed by atoms with E-state index in [0.717, 1.165) is 33.6 Å². The van der Waals surface area contributed by atoms with Gasteiger partial charge in [0.05, 0.1) is 5.69 Å². The zero-order valence-electron chi connectivity index (χ0n) is 16.8. The predicted octanol–water partition coefficient (Wildman–Crippen LogP) is 4.48. The predicted molar refractivity (Wildman–Crippen MR) is 116 cm³/mol. The first-order valence-corrected chi connectivity index (χ1v) is 10.1. The fourth-order valence-corrected chi connectivity index (χ4v) is 4.23. The van der Waals surface area contributed by atoms with E-state index < -0.39 is 5.25 Å². The smallest absolute Gasteiger partial charge is 0.240 e. The molecule has 6 heteroatoms. The van der Waals surface area contributed by atoms with Crippen LogP contribution in [0.3, 0.4) is 0 Å².